The van der Waals surface area contributed by atoms with Gasteiger partial charge < -0.3 is 4.74 Å². The molecule has 2 aromatic carbocycles. The summed E-state index contributed by atoms with van der Waals surface area (Å²) < 4.78 is 4.75. The van der Waals surface area contributed by atoms with Crippen LogP contribution in [-0.4, -0.2) is 64.9 Å². The van der Waals surface area contributed by atoms with Crippen LogP contribution in [0.4, 0.5) is 0 Å². The monoisotopic (exact) mass is 434 g/mol. The molecule has 2 aromatic rings. The molecule has 0 aliphatic carbocycles. The standard InChI is InChI=1S/C23H18N2O7/c1-32-23(31)18(25-21(29)16-8-4-5-9-17(16)22(25)30)11-10-13(26)12-24-19(27)14-6-2-3-7-15(14)20(24)28/h2-9,18H,10-12H2,1H3/t18-/m1/s1. The van der Waals surface area contributed by atoms with Gasteiger partial charge in [0, 0.05) is 6.42 Å². The maximum Gasteiger partial charge on any atom is 0.329 e. The van der Waals surface area contributed by atoms with E-state index in [4.69, 9.17) is 4.74 Å². The molecule has 9 nitrogen and oxygen atoms in total. The van der Waals surface area contributed by atoms with E-state index in [2.05, 4.69) is 0 Å². The fourth-order valence-electron chi connectivity index (χ4n) is 3.92. The van der Waals surface area contributed by atoms with Gasteiger partial charge in [-0.25, -0.2) is 4.79 Å². The Kier molecular flexibility index (Phi) is 5.40. The minimum Gasteiger partial charge on any atom is -0.467 e. The molecule has 1 atom stereocenters. The molecule has 2 aliphatic heterocycles. The quantitative estimate of drug-likeness (QED) is 0.478. The molecule has 0 N–H and O–H groups in total. The average molecular weight is 434 g/mol. The summed E-state index contributed by atoms with van der Waals surface area (Å²) in [7, 11) is 1.12. The molecule has 2 heterocycles. The van der Waals surface area contributed by atoms with E-state index in [-0.39, 0.29) is 35.1 Å². The number of hydrogen-bond donors (Lipinski definition) is 0. The van der Waals surface area contributed by atoms with Crippen molar-refractivity contribution < 1.29 is 33.5 Å². The number of esters is 1. The lowest BCUT2D eigenvalue weighted by Crippen LogP contribution is -2.46. The molecule has 0 spiro atoms. The third-order valence-corrected chi connectivity index (χ3v) is 5.52. The molecule has 32 heavy (non-hydrogen) atoms. The number of methoxy groups -OCH3 is 1. The van der Waals surface area contributed by atoms with Crippen molar-refractivity contribution in [1.82, 2.24) is 9.80 Å². The smallest absolute Gasteiger partial charge is 0.329 e. The summed E-state index contributed by atoms with van der Waals surface area (Å²) in [5.41, 5.74) is 0.792. The van der Waals surface area contributed by atoms with Crippen molar-refractivity contribution in [3.8, 4) is 0 Å². The van der Waals surface area contributed by atoms with Gasteiger partial charge in [-0.15, -0.1) is 0 Å². The molecule has 9 heteroatoms. The van der Waals surface area contributed by atoms with E-state index >= 15 is 0 Å². The Hall–Kier alpha value is -4.14. The number of benzene rings is 2. The molecular weight excluding hydrogens is 416 g/mol. The summed E-state index contributed by atoms with van der Waals surface area (Å²) in [4.78, 5) is 76.9. The molecule has 4 rings (SSSR count). The third kappa shape index (κ3) is 3.37. The number of ketones is 1. The van der Waals surface area contributed by atoms with Gasteiger partial charge in [0.2, 0.25) is 0 Å². The average Bonchev–Trinajstić information content (AvgIpc) is 3.20. The number of rotatable bonds is 7. The predicted molar refractivity (Wildman–Crippen MR) is 109 cm³/mol. The van der Waals surface area contributed by atoms with Gasteiger partial charge in [0.25, 0.3) is 23.6 Å². The number of carbonyl (C=O) groups is 6. The number of Topliss-reactive ketones (excluding diaryl/α,β-unsaturated/α-hetero) is 1. The zero-order valence-corrected chi connectivity index (χ0v) is 17.1. The van der Waals surface area contributed by atoms with Gasteiger partial charge in [0.05, 0.1) is 35.9 Å². The van der Waals surface area contributed by atoms with Gasteiger partial charge in [-0.2, -0.15) is 0 Å². The summed E-state index contributed by atoms with van der Waals surface area (Å²) in [5.74, 6) is -3.76. The topological polar surface area (TPSA) is 118 Å². The summed E-state index contributed by atoms with van der Waals surface area (Å²) in [6, 6.07) is 11.1. The highest BCUT2D eigenvalue weighted by Gasteiger charge is 2.43. The molecule has 0 bridgehead atoms. The van der Waals surface area contributed by atoms with E-state index in [0.717, 1.165) is 16.9 Å². The molecule has 2 aliphatic rings. The third-order valence-electron chi connectivity index (χ3n) is 5.52. The Labute approximate surface area is 182 Å². The van der Waals surface area contributed by atoms with Crippen LogP contribution in [0, 0.1) is 0 Å². The first-order valence-corrected chi connectivity index (χ1v) is 9.86. The number of imide groups is 2. The zero-order valence-electron chi connectivity index (χ0n) is 17.1. The van der Waals surface area contributed by atoms with Crippen molar-refractivity contribution in [1.29, 1.82) is 0 Å². The fraction of sp³-hybridized carbons (Fsp3) is 0.217. The molecule has 0 saturated heterocycles. The van der Waals surface area contributed by atoms with Crippen LogP contribution in [0.1, 0.15) is 54.3 Å². The normalized spacial score (nSPS) is 15.7. The van der Waals surface area contributed by atoms with E-state index in [9.17, 15) is 28.8 Å². The predicted octanol–water partition coefficient (Wildman–Crippen LogP) is 1.47. The van der Waals surface area contributed by atoms with E-state index < -0.39 is 48.0 Å². The van der Waals surface area contributed by atoms with Gasteiger partial charge in [0.1, 0.15) is 6.04 Å². The highest BCUT2D eigenvalue weighted by molar-refractivity contribution is 6.23. The minimum atomic E-state index is -1.31. The van der Waals surface area contributed by atoms with Crippen LogP contribution in [-0.2, 0) is 14.3 Å². The van der Waals surface area contributed by atoms with Crippen LogP contribution in [0.15, 0.2) is 48.5 Å². The first kappa shape index (κ1) is 21.1. The second-order valence-corrected chi connectivity index (χ2v) is 7.38. The Balaban J connectivity index is 1.46. The number of carbonyl (C=O) groups excluding carboxylic acids is 6. The molecule has 0 saturated carbocycles. The summed E-state index contributed by atoms with van der Waals surface area (Å²) in [6.07, 6.45) is -0.444. The number of nitrogens with zero attached hydrogens (tertiary/aromatic N) is 2. The Bertz CT molecular complexity index is 1120. The highest BCUT2D eigenvalue weighted by Crippen LogP contribution is 2.27. The number of fused-ring (bicyclic) bond motifs is 2. The van der Waals surface area contributed by atoms with Gasteiger partial charge in [-0.1, -0.05) is 24.3 Å². The van der Waals surface area contributed by atoms with Gasteiger partial charge in [-0.05, 0) is 30.7 Å². The molecular formula is C23H18N2O7. The van der Waals surface area contributed by atoms with Crippen LogP contribution < -0.4 is 0 Å². The van der Waals surface area contributed by atoms with Crippen molar-refractivity contribution in [3.05, 3.63) is 70.8 Å². The lowest BCUT2D eigenvalue weighted by molar-refractivity contribution is -0.145. The Morgan fingerprint density at radius 3 is 1.66 bits per heavy atom. The molecule has 162 valence electrons. The van der Waals surface area contributed by atoms with E-state index in [1.54, 1.807) is 24.3 Å². The zero-order chi connectivity index (χ0) is 23.0. The summed E-state index contributed by atoms with van der Waals surface area (Å²) in [6.45, 7) is -0.470. The molecule has 0 radical (unpaired) electrons. The number of ether oxygens (including phenoxy) is 1. The van der Waals surface area contributed by atoms with Crippen LogP contribution >= 0.6 is 0 Å². The maximum absolute atomic E-state index is 12.7. The number of amides is 4. The molecule has 0 fully saturated rings. The van der Waals surface area contributed by atoms with E-state index in [1.165, 1.54) is 24.3 Å². The Morgan fingerprint density at radius 2 is 1.22 bits per heavy atom. The van der Waals surface area contributed by atoms with Gasteiger partial charge in [-0.3, -0.25) is 33.8 Å². The highest BCUT2D eigenvalue weighted by atomic mass is 16.5. The Morgan fingerprint density at radius 1 is 0.781 bits per heavy atom. The second-order valence-electron chi connectivity index (χ2n) is 7.38. The first-order chi connectivity index (χ1) is 15.3. The second kappa shape index (κ2) is 8.18. The van der Waals surface area contributed by atoms with Crippen molar-refractivity contribution in [2.24, 2.45) is 0 Å². The van der Waals surface area contributed by atoms with Gasteiger partial charge >= 0.3 is 5.97 Å². The lowest BCUT2D eigenvalue weighted by Gasteiger charge is -2.24. The summed E-state index contributed by atoms with van der Waals surface area (Å²) >= 11 is 0. The van der Waals surface area contributed by atoms with Crippen LogP contribution in [0.25, 0.3) is 0 Å². The first-order valence-electron chi connectivity index (χ1n) is 9.86. The van der Waals surface area contributed by atoms with Crippen LogP contribution in [0.2, 0.25) is 0 Å². The SMILES string of the molecule is COC(=O)[C@@H](CCC(=O)CN1C(=O)c2ccccc2C1=O)N1C(=O)c2ccccc2C1=O. The minimum absolute atomic E-state index is 0.170. The van der Waals surface area contributed by atoms with Crippen molar-refractivity contribution in [3.63, 3.8) is 0 Å². The van der Waals surface area contributed by atoms with Crippen molar-refractivity contribution >= 4 is 35.4 Å². The number of hydrogen-bond acceptors (Lipinski definition) is 7. The largest absolute Gasteiger partial charge is 0.467 e. The summed E-state index contributed by atoms with van der Waals surface area (Å²) in [5, 5.41) is 0. The molecule has 4 amide bonds. The molecule has 0 aromatic heterocycles. The van der Waals surface area contributed by atoms with Crippen LogP contribution in [0.5, 0.6) is 0 Å². The van der Waals surface area contributed by atoms with E-state index in [0.29, 0.717) is 0 Å². The van der Waals surface area contributed by atoms with Crippen LogP contribution in [0.3, 0.4) is 0 Å². The maximum atomic E-state index is 12.7. The molecule has 0 unspecified atom stereocenters. The van der Waals surface area contributed by atoms with Gasteiger partial charge in [0.15, 0.2) is 5.78 Å². The van der Waals surface area contributed by atoms with Crippen molar-refractivity contribution in [2.75, 3.05) is 13.7 Å². The van der Waals surface area contributed by atoms with E-state index in [1.807, 2.05) is 0 Å². The van der Waals surface area contributed by atoms with Crippen molar-refractivity contribution in [2.45, 2.75) is 18.9 Å². The lowest BCUT2D eigenvalue weighted by atomic mass is 10.1. The fourth-order valence-corrected chi connectivity index (χ4v) is 3.92.